The molecule has 2 aromatic carbocycles. The molecule has 2 amide bonds. The van der Waals surface area contributed by atoms with Crippen LogP contribution in [-0.4, -0.2) is 19.2 Å². The summed E-state index contributed by atoms with van der Waals surface area (Å²) < 4.78 is 44.2. The Kier molecular flexibility index (Phi) is 5.24. The molecule has 0 bridgehead atoms. The first-order valence-corrected chi connectivity index (χ1v) is 6.43. The number of anilines is 1. The molecule has 0 saturated heterocycles. The largest absolute Gasteiger partial charge is 0.492 e. The number of rotatable bonds is 5. The van der Waals surface area contributed by atoms with Crippen LogP contribution in [0, 0.1) is 17.5 Å². The van der Waals surface area contributed by atoms with E-state index in [4.69, 9.17) is 4.74 Å². The number of nitrogens with one attached hydrogen (secondary N) is 2. The summed E-state index contributed by atoms with van der Waals surface area (Å²) in [6, 6.07) is 7.48. The van der Waals surface area contributed by atoms with Crippen molar-refractivity contribution in [2.45, 2.75) is 0 Å². The van der Waals surface area contributed by atoms with Crippen LogP contribution in [0.3, 0.4) is 0 Å². The summed E-state index contributed by atoms with van der Waals surface area (Å²) in [4.78, 5) is 11.5. The third kappa shape index (κ3) is 4.69. The molecule has 22 heavy (non-hydrogen) atoms. The van der Waals surface area contributed by atoms with Crippen molar-refractivity contribution in [1.82, 2.24) is 5.32 Å². The molecule has 4 nitrogen and oxygen atoms in total. The van der Waals surface area contributed by atoms with E-state index in [1.165, 1.54) is 24.3 Å². The molecule has 0 unspecified atom stereocenters. The predicted molar refractivity (Wildman–Crippen MR) is 75.3 cm³/mol. The molecule has 0 heterocycles. The Bertz CT molecular complexity index is 648. The molecule has 2 aromatic rings. The summed E-state index contributed by atoms with van der Waals surface area (Å²) >= 11 is 0. The van der Waals surface area contributed by atoms with Gasteiger partial charge in [-0.2, -0.15) is 0 Å². The van der Waals surface area contributed by atoms with Crippen LogP contribution in [0.5, 0.6) is 5.75 Å². The lowest BCUT2D eigenvalue weighted by Gasteiger charge is -2.09. The molecule has 7 heteroatoms. The van der Waals surface area contributed by atoms with Gasteiger partial charge < -0.3 is 15.4 Å². The Hall–Kier alpha value is -2.70. The van der Waals surface area contributed by atoms with Crippen LogP contribution in [0.4, 0.5) is 23.7 Å². The number of halogens is 3. The van der Waals surface area contributed by atoms with Crippen LogP contribution >= 0.6 is 0 Å². The summed E-state index contributed by atoms with van der Waals surface area (Å²) in [6.07, 6.45) is 0. The zero-order valence-electron chi connectivity index (χ0n) is 11.4. The number of amides is 2. The highest BCUT2D eigenvalue weighted by atomic mass is 19.1. The van der Waals surface area contributed by atoms with Gasteiger partial charge in [0, 0.05) is 6.07 Å². The second-order valence-electron chi connectivity index (χ2n) is 4.31. The van der Waals surface area contributed by atoms with Crippen molar-refractivity contribution in [2.24, 2.45) is 0 Å². The number of urea groups is 1. The van der Waals surface area contributed by atoms with Gasteiger partial charge in [-0.1, -0.05) is 0 Å². The monoisotopic (exact) mass is 310 g/mol. The van der Waals surface area contributed by atoms with E-state index in [1.54, 1.807) is 0 Å². The van der Waals surface area contributed by atoms with E-state index in [2.05, 4.69) is 10.6 Å². The van der Waals surface area contributed by atoms with Gasteiger partial charge in [-0.05, 0) is 36.4 Å². The standard InChI is InChI=1S/C15H13F3N2O2/c16-10-1-4-12(5-2-10)22-8-7-19-15(21)20-14-9-11(17)3-6-13(14)18/h1-6,9H,7-8H2,(H2,19,20,21). The van der Waals surface area contributed by atoms with Crippen LogP contribution in [-0.2, 0) is 0 Å². The maximum Gasteiger partial charge on any atom is 0.319 e. The first-order valence-electron chi connectivity index (χ1n) is 6.43. The van der Waals surface area contributed by atoms with E-state index in [-0.39, 0.29) is 24.7 Å². The smallest absolute Gasteiger partial charge is 0.319 e. The first kappa shape index (κ1) is 15.7. The maximum atomic E-state index is 13.3. The average molecular weight is 310 g/mol. The Labute approximate surface area is 124 Å². The molecule has 0 aliphatic heterocycles. The van der Waals surface area contributed by atoms with Crippen molar-refractivity contribution in [1.29, 1.82) is 0 Å². The Balaban J connectivity index is 1.74. The van der Waals surface area contributed by atoms with Gasteiger partial charge in [0.05, 0.1) is 12.2 Å². The quantitative estimate of drug-likeness (QED) is 0.833. The molecule has 0 atom stereocenters. The van der Waals surface area contributed by atoms with Gasteiger partial charge in [-0.15, -0.1) is 0 Å². The van der Waals surface area contributed by atoms with Crippen LogP contribution in [0.15, 0.2) is 42.5 Å². The van der Waals surface area contributed by atoms with E-state index in [1.807, 2.05) is 0 Å². The fraction of sp³-hybridized carbons (Fsp3) is 0.133. The Morgan fingerprint density at radius 1 is 1.00 bits per heavy atom. The van der Waals surface area contributed by atoms with Crippen molar-refractivity contribution in [2.75, 3.05) is 18.5 Å². The van der Waals surface area contributed by atoms with Gasteiger partial charge in [-0.25, -0.2) is 18.0 Å². The van der Waals surface area contributed by atoms with Crippen LogP contribution < -0.4 is 15.4 Å². The van der Waals surface area contributed by atoms with E-state index in [0.29, 0.717) is 5.75 Å². The predicted octanol–water partition coefficient (Wildman–Crippen LogP) is 3.30. The highest BCUT2D eigenvalue weighted by Gasteiger charge is 2.07. The molecule has 0 fully saturated rings. The molecule has 0 aliphatic rings. The van der Waals surface area contributed by atoms with E-state index < -0.39 is 17.7 Å². The van der Waals surface area contributed by atoms with E-state index >= 15 is 0 Å². The normalized spacial score (nSPS) is 10.1. The van der Waals surface area contributed by atoms with Crippen LogP contribution in [0.1, 0.15) is 0 Å². The number of benzene rings is 2. The van der Waals surface area contributed by atoms with Crippen molar-refractivity contribution < 1.29 is 22.7 Å². The summed E-state index contributed by atoms with van der Waals surface area (Å²) in [5, 5.41) is 4.61. The molecule has 0 saturated carbocycles. The summed E-state index contributed by atoms with van der Waals surface area (Å²) in [5.74, 6) is -1.31. The number of carbonyl (C=O) groups excluding carboxylic acids is 1. The molecule has 0 spiro atoms. The third-order valence-electron chi connectivity index (χ3n) is 2.65. The molecule has 0 radical (unpaired) electrons. The Morgan fingerprint density at radius 3 is 2.41 bits per heavy atom. The molecule has 2 N–H and O–H groups in total. The van der Waals surface area contributed by atoms with Gasteiger partial charge in [-0.3, -0.25) is 0 Å². The van der Waals surface area contributed by atoms with Gasteiger partial charge >= 0.3 is 6.03 Å². The van der Waals surface area contributed by atoms with Crippen LogP contribution in [0.2, 0.25) is 0 Å². The van der Waals surface area contributed by atoms with E-state index in [9.17, 15) is 18.0 Å². The molecule has 0 aromatic heterocycles. The summed E-state index contributed by atoms with van der Waals surface area (Å²) in [5.41, 5.74) is -0.253. The number of hydrogen-bond donors (Lipinski definition) is 2. The van der Waals surface area contributed by atoms with Gasteiger partial charge in [0.25, 0.3) is 0 Å². The molecule has 2 rings (SSSR count). The summed E-state index contributed by atoms with van der Waals surface area (Å²) in [6.45, 7) is 0.283. The molecular formula is C15H13F3N2O2. The number of hydrogen-bond acceptors (Lipinski definition) is 2. The maximum absolute atomic E-state index is 13.3. The fourth-order valence-electron chi connectivity index (χ4n) is 1.62. The molecular weight excluding hydrogens is 297 g/mol. The summed E-state index contributed by atoms with van der Waals surface area (Å²) in [7, 11) is 0. The van der Waals surface area contributed by atoms with Gasteiger partial charge in [0.2, 0.25) is 0 Å². The second kappa shape index (κ2) is 7.35. The van der Waals surface area contributed by atoms with Crippen molar-refractivity contribution in [3.8, 4) is 5.75 Å². The number of carbonyl (C=O) groups is 1. The minimum atomic E-state index is -0.737. The van der Waals surface area contributed by atoms with Gasteiger partial charge in [0.15, 0.2) is 0 Å². The lowest BCUT2D eigenvalue weighted by Crippen LogP contribution is -2.32. The lowest BCUT2D eigenvalue weighted by molar-refractivity contribution is 0.247. The number of ether oxygens (including phenoxy) is 1. The fourth-order valence-corrected chi connectivity index (χ4v) is 1.62. The van der Waals surface area contributed by atoms with Crippen molar-refractivity contribution in [3.63, 3.8) is 0 Å². The third-order valence-corrected chi connectivity index (χ3v) is 2.65. The first-order chi connectivity index (χ1) is 10.5. The average Bonchev–Trinajstić information content (AvgIpc) is 2.49. The SMILES string of the molecule is O=C(NCCOc1ccc(F)cc1)Nc1cc(F)ccc1F. The lowest BCUT2D eigenvalue weighted by atomic mass is 10.3. The topological polar surface area (TPSA) is 50.4 Å². The van der Waals surface area contributed by atoms with Crippen LogP contribution in [0.25, 0.3) is 0 Å². The highest BCUT2D eigenvalue weighted by molar-refractivity contribution is 5.89. The Morgan fingerprint density at radius 2 is 1.68 bits per heavy atom. The van der Waals surface area contributed by atoms with Crippen molar-refractivity contribution >= 4 is 11.7 Å². The zero-order chi connectivity index (χ0) is 15.9. The van der Waals surface area contributed by atoms with Gasteiger partial charge in [0.1, 0.15) is 29.8 Å². The molecule has 116 valence electrons. The minimum Gasteiger partial charge on any atom is -0.492 e. The highest BCUT2D eigenvalue weighted by Crippen LogP contribution is 2.15. The zero-order valence-corrected chi connectivity index (χ0v) is 11.4. The molecule has 0 aliphatic carbocycles. The van der Waals surface area contributed by atoms with E-state index in [0.717, 1.165) is 18.2 Å². The second-order valence-corrected chi connectivity index (χ2v) is 4.31. The van der Waals surface area contributed by atoms with Crippen molar-refractivity contribution in [3.05, 3.63) is 59.9 Å². The minimum absolute atomic E-state index is 0.139.